The molecule has 1 aromatic carbocycles. The Hall–Kier alpha value is -3.55. The van der Waals surface area contributed by atoms with Gasteiger partial charge in [0.1, 0.15) is 17.4 Å². The number of halogens is 2. The van der Waals surface area contributed by atoms with Crippen LogP contribution in [0.5, 0.6) is 0 Å². The summed E-state index contributed by atoms with van der Waals surface area (Å²) in [5, 5.41) is 15.6. The Morgan fingerprint density at radius 2 is 2.08 bits per heavy atom. The van der Waals surface area contributed by atoms with E-state index in [9.17, 15) is 23.9 Å². The Morgan fingerprint density at radius 3 is 2.75 bits per heavy atom. The molecule has 1 aromatic heterocycles. The lowest BCUT2D eigenvalue weighted by Crippen LogP contribution is -2.54. The molecule has 5 rings (SSSR count). The molecule has 2 aromatic rings. The first-order chi connectivity index (χ1) is 19.0. The summed E-state index contributed by atoms with van der Waals surface area (Å²) in [6.45, 7) is 5.16. The number of fused-ring (bicyclic) bond motifs is 1. The second-order valence-corrected chi connectivity index (χ2v) is 11.5. The molecule has 0 radical (unpaired) electrons. The number of benzene rings is 1. The maximum atomic E-state index is 14.4. The molecule has 0 aliphatic carbocycles. The minimum absolute atomic E-state index is 0.0498. The number of urea groups is 1. The normalized spacial score (nSPS) is 21.7. The average molecular weight is 591 g/mol. The van der Waals surface area contributed by atoms with Gasteiger partial charge in [-0.25, -0.2) is 23.8 Å². The number of carboxylic acid groups (broad SMARTS) is 1. The Morgan fingerprint density at radius 1 is 1.30 bits per heavy atom. The van der Waals surface area contributed by atoms with Crippen molar-refractivity contribution in [3.63, 3.8) is 0 Å². The van der Waals surface area contributed by atoms with Gasteiger partial charge in [-0.2, -0.15) is 0 Å². The van der Waals surface area contributed by atoms with Crippen molar-refractivity contribution < 1.29 is 28.6 Å². The Balaban J connectivity index is 1.45. The van der Waals surface area contributed by atoms with Crippen molar-refractivity contribution in [2.75, 3.05) is 39.8 Å². The molecule has 4 heterocycles. The summed E-state index contributed by atoms with van der Waals surface area (Å²) >= 11 is 7.62. The van der Waals surface area contributed by atoms with E-state index in [1.165, 1.54) is 35.5 Å². The van der Waals surface area contributed by atoms with Crippen LogP contribution in [-0.4, -0.2) is 100 Å². The summed E-state index contributed by atoms with van der Waals surface area (Å²) in [6, 6.07) is 2.72. The van der Waals surface area contributed by atoms with E-state index >= 15 is 0 Å². The van der Waals surface area contributed by atoms with Gasteiger partial charge in [-0.05, 0) is 19.9 Å². The van der Waals surface area contributed by atoms with Crippen LogP contribution < -0.4 is 5.32 Å². The number of aliphatic imine (C=N–C) groups is 1. The van der Waals surface area contributed by atoms with Crippen LogP contribution in [0.1, 0.15) is 30.5 Å². The van der Waals surface area contributed by atoms with E-state index in [1.807, 2.05) is 4.90 Å². The second kappa shape index (κ2) is 10.8. The third-order valence-electron chi connectivity index (χ3n) is 7.45. The number of piperazine rings is 1. The molecule has 0 spiro atoms. The smallest absolute Gasteiger partial charge is 0.335 e. The van der Waals surface area contributed by atoms with E-state index in [1.54, 1.807) is 36.4 Å². The highest BCUT2D eigenvalue weighted by Gasteiger charge is 2.49. The molecule has 0 saturated carbocycles. The number of carboxylic acids is 1. The van der Waals surface area contributed by atoms with E-state index in [2.05, 4.69) is 15.3 Å². The number of aliphatic carboxylic acids is 1. The highest BCUT2D eigenvalue weighted by atomic mass is 35.5. The SMILES string of the molecule is COC(=O)C(C)(C)N1CC2CN(CC3=C(C(=O)O)[C@H](c4cccc(F)c4Cl)N=C(c4nccs4)N3)CCN2C1=O. The molecule has 3 aliphatic rings. The average Bonchev–Trinajstić information content (AvgIpc) is 3.58. The van der Waals surface area contributed by atoms with Crippen molar-refractivity contribution in [3.05, 3.63) is 62.5 Å². The van der Waals surface area contributed by atoms with E-state index in [4.69, 9.17) is 16.3 Å². The molecule has 2 amide bonds. The van der Waals surface area contributed by atoms with Gasteiger partial charge in [-0.15, -0.1) is 11.3 Å². The van der Waals surface area contributed by atoms with Crippen molar-refractivity contribution in [2.45, 2.75) is 31.5 Å². The second-order valence-electron chi connectivity index (χ2n) is 10.2. The van der Waals surface area contributed by atoms with Crippen LogP contribution in [0.25, 0.3) is 0 Å². The molecular weight excluding hydrogens is 563 g/mol. The lowest BCUT2D eigenvalue weighted by molar-refractivity contribution is -0.151. The number of carbonyl (C=O) groups is 3. The fourth-order valence-electron chi connectivity index (χ4n) is 5.34. The predicted octanol–water partition coefficient (Wildman–Crippen LogP) is 2.74. The fourth-order valence-corrected chi connectivity index (χ4v) is 6.16. The van der Waals surface area contributed by atoms with Crippen molar-refractivity contribution in [2.24, 2.45) is 4.99 Å². The minimum atomic E-state index is -1.21. The third-order valence-corrected chi connectivity index (χ3v) is 8.62. The number of hydrogen-bond acceptors (Lipinski definition) is 9. The van der Waals surface area contributed by atoms with Crippen molar-refractivity contribution >= 4 is 46.7 Å². The summed E-state index contributed by atoms with van der Waals surface area (Å²) in [6.07, 6.45) is 1.61. The topological polar surface area (TPSA) is 128 Å². The van der Waals surface area contributed by atoms with E-state index in [0.29, 0.717) is 42.7 Å². The summed E-state index contributed by atoms with van der Waals surface area (Å²) in [5.74, 6) is -2.02. The Bertz CT molecular complexity index is 1410. The molecule has 3 aliphatic heterocycles. The number of methoxy groups -OCH3 is 1. The highest BCUT2D eigenvalue weighted by Crippen LogP contribution is 2.37. The van der Waals surface area contributed by atoms with E-state index < -0.39 is 29.3 Å². The fraction of sp³-hybridized carbons (Fsp3) is 0.423. The Labute approximate surface area is 238 Å². The highest BCUT2D eigenvalue weighted by molar-refractivity contribution is 7.11. The van der Waals surface area contributed by atoms with E-state index in [-0.39, 0.29) is 34.8 Å². The molecule has 1 unspecified atom stereocenters. The van der Waals surface area contributed by atoms with Crippen LogP contribution in [0.15, 0.2) is 46.0 Å². The summed E-state index contributed by atoms with van der Waals surface area (Å²) < 4.78 is 19.3. The van der Waals surface area contributed by atoms with Crippen LogP contribution >= 0.6 is 22.9 Å². The van der Waals surface area contributed by atoms with Gasteiger partial charge < -0.3 is 25.0 Å². The predicted molar refractivity (Wildman–Crippen MR) is 146 cm³/mol. The lowest BCUT2D eigenvalue weighted by atomic mass is 9.95. The monoisotopic (exact) mass is 590 g/mol. The first-order valence-corrected chi connectivity index (χ1v) is 13.8. The van der Waals surface area contributed by atoms with Gasteiger partial charge in [0, 0.05) is 55.6 Å². The number of ether oxygens (including phenoxy) is 1. The first kappa shape index (κ1) is 28.0. The molecule has 212 valence electrons. The quantitative estimate of drug-likeness (QED) is 0.471. The number of hydrogen-bond donors (Lipinski definition) is 2. The molecular formula is C26H28ClFN6O5S. The van der Waals surface area contributed by atoms with Crippen molar-refractivity contribution in [3.8, 4) is 0 Å². The largest absolute Gasteiger partial charge is 0.478 e. The molecule has 11 nitrogen and oxygen atoms in total. The molecule has 2 saturated heterocycles. The molecule has 40 heavy (non-hydrogen) atoms. The zero-order valence-corrected chi connectivity index (χ0v) is 23.6. The van der Waals surface area contributed by atoms with Crippen LogP contribution in [-0.2, 0) is 14.3 Å². The number of nitrogens with zero attached hydrogens (tertiary/aromatic N) is 5. The Kier molecular flexibility index (Phi) is 7.55. The number of amides is 2. The summed E-state index contributed by atoms with van der Waals surface area (Å²) in [4.78, 5) is 52.3. The minimum Gasteiger partial charge on any atom is -0.478 e. The van der Waals surface area contributed by atoms with Gasteiger partial charge in [0.25, 0.3) is 0 Å². The van der Waals surface area contributed by atoms with Crippen LogP contribution in [0.4, 0.5) is 9.18 Å². The summed E-state index contributed by atoms with van der Waals surface area (Å²) in [7, 11) is 1.29. The third kappa shape index (κ3) is 4.93. The number of rotatable bonds is 7. The molecule has 2 N–H and O–H groups in total. The van der Waals surface area contributed by atoms with Crippen LogP contribution in [0.2, 0.25) is 5.02 Å². The molecule has 14 heteroatoms. The maximum Gasteiger partial charge on any atom is 0.335 e. The number of esters is 1. The summed E-state index contributed by atoms with van der Waals surface area (Å²) in [5.41, 5.74) is -0.568. The van der Waals surface area contributed by atoms with Gasteiger partial charge in [-0.3, -0.25) is 9.89 Å². The van der Waals surface area contributed by atoms with Gasteiger partial charge in [0.15, 0.2) is 10.8 Å². The zero-order chi connectivity index (χ0) is 28.8. The number of thiazole rings is 1. The van der Waals surface area contributed by atoms with Crippen LogP contribution in [0.3, 0.4) is 0 Å². The first-order valence-electron chi connectivity index (χ1n) is 12.6. The molecule has 2 atom stereocenters. The van der Waals surface area contributed by atoms with Crippen LogP contribution in [0, 0.1) is 5.82 Å². The van der Waals surface area contributed by atoms with Gasteiger partial charge in [0.2, 0.25) is 0 Å². The maximum absolute atomic E-state index is 14.4. The standard InChI is InChI=1S/C26H28ClFN6O5S/c1-26(2,24(37)39-3)34-12-14-11-32(8-9-33(14)25(34)38)13-17-18(23(35)36)20(15-5-4-6-16(28)19(15)27)31-21(30-17)22-29-7-10-40-22/h4-7,10,14,20H,8-9,11-13H2,1-3H3,(H,30,31)(H,35,36)/t14?,20-/m0/s1. The number of aromatic nitrogens is 1. The zero-order valence-electron chi connectivity index (χ0n) is 22.1. The lowest BCUT2D eigenvalue weighted by Gasteiger charge is -2.38. The number of carbonyl (C=O) groups excluding carboxylic acids is 2. The van der Waals surface area contributed by atoms with Gasteiger partial charge in [0.05, 0.1) is 23.7 Å². The molecule has 0 bridgehead atoms. The van der Waals surface area contributed by atoms with Gasteiger partial charge >= 0.3 is 18.0 Å². The number of amidine groups is 1. The van der Waals surface area contributed by atoms with E-state index in [0.717, 1.165) is 0 Å². The molecule has 2 fully saturated rings. The van der Waals surface area contributed by atoms with Crippen molar-refractivity contribution in [1.82, 2.24) is 25.0 Å². The van der Waals surface area contributed by atoms with Crippen molar-refractivity contribution in [1.29, 1.82) is 0 Å². The van der Waals surface area contributed by atoms with Gasteiger partial charge in [-0.1, -0.05) is 23.7 Å². The number of nitrogens with one attached hydrogen (secondary N) is 1.